The predicted octanol–water partition coefficient (Wildman–Crippen LogP) is 3.18. The molecule has 130 valence electrons. The molecule has 1 atom stereocenters. The molecule has 5 heteroatoms. The van der Waals surface area contributed by atoms with Crippen LogP contribution in [0.15, 0.2) is 48.5 Å². The Kier molecular flexibility index (Phi) is 5.03. The van der Waals surface area contributed by atoms with Crippen LogP contribution in [-0.4, -0.2) is 25.0 Å². The molecular formula is C20H21NO4. The van der Waals surface area contributed by atoms with E-state index in [9.17, 15) is 9.59 Å². The SMILES string of the molecule is COc1ccc(C)cc1C(=O)O[C@@H](C(=O)NC1CC1)c1ccccc1. The van der Waals surface area contributed by atoms with Gasteiger partial charge in [0.25, 0.3) is 5.91 Å². The van der Waals surface area contributed by atoms with Crippen molar-refractivity contribution in [1.82, 2.24) is 5.32 Å². The van der Waals surface area contributed by atoms with E-state index in [0.29, 0.717) is 16.9 Å². The highest BCUT2D eigenvalue weighted by Crippen LogP contribution is 2.26. The lowest BCUT2D eigenvalue weighted by atomic mass is 10.1. The molecular weight excluding hydrogens is 318 g/mol. The third-order valence-corrected chi connectivity index (χ3v) is 4.06. The Bertz CT molecular complexity index is 769. The van der Waals surface area contributed by atoms with Gasteiger partial charge >= 0.3 is 5.97 Å². The predicted molar refractivity (Wildman–Crippen MR) is 93.5 cm³/mol. The van der Waals surface area contributed by atoms with E-state index in [1.54, 1.807) is 24.3 Å². The average molecular weight is 339 g/mol. The number of carbonyl (C=O) groups excluding carboxylic acids is 2. The molecule has 25 heavy (non-hydrogen) atoms. The standard InChI is InChI=1S/C20H21NO4/c1-13-8-11-17(24-2)16(12-13)20(23)25-18(14-6-4-3-5-7-14)19(22)21-15-9-10-15/h3-8,11-12,15,18H,9-10H2,1-2H3,(H,21,22)/t18-/m1/s1. The second-order valence-corrected chi connectivity index (χ2v) is 6.18. The van der Waals surface area contributed by atoms with Gasteiger partial charge in [-0.2, -0.15) is 0 Å². The molecule has 5 nitrogen and oxygen atoms in total. The number of ether oxygens (including phenoxy) is 2. The third kappa shape index (κ3) is 4.18. The van der Waals surface area contributed by atoms with Gasteiger partial charge in [0.1, 0.15) is 11.3 Å². The van der Waals surface area contributed by atoms with Crippen molar-refractivity contribution in [3.8, 4) is 5.75 Å². The molecule has 3 rings (SSSR count). The van der Waals surface area contributed by atoms with Crippen LogP contribution in [0.4, 0.5) is 0 Å². The van der Waals surface area contributed by atoms with Gasteiger partial charge in [0.15, 0.2) is 0 Å². The molecule has 1 saturated carbocycles. The van der Waals surface area contributed by atoms with Crippen LogP contribution in [0.2, 0.25) is 0 Å². The first-order valence-corrected chi connectivity index (χ1v) is 8.29. The van der Waals surface area contributed by atoms with Gasteiger partial charge in [-0.15, -0.1) is 0 Å². The van der Waals surface area contributed by atoms with Gasteiger partial charge in [-0.05, 0) is 31.9 Å². The van der Waals surface area contributed by atoms with Crippen LogP contribution in [0.3, 0.4) is 0 Å². The van der Waals surface area contributed by atoms with E-state index in [-0.39, 0.29) is 11.9 Å². The number of hydrogen-bond donors (Lipinski definition) is 1. The molecule has 1 N–H and O–H groups in total. The highest BCUT2D eigenvalue weighted by atomic mass is 16.5. The summed E-state index contributed by atoms with van der Waals surface area (Å²) in [6.07, 6.45) is 0.944. The summed E-state index contributed by atoms with van der Waals surface area (Å²) < 4.78 is 10.8. The fourth-order valence-corrected chi connectivity index (χ4v) is 2.56. The summed E-state index contributed by atoms with van der Waals surface area (Å²) in [4.78, 5) is 25.2. The monoisotopic (exact) mass is 339 g/mol. The number of aryl methyl sites for hydroxylation is 1. The molecule has 1 amide bonds. The van der Waals surface area contributed by atoms with Crippen molar-refractivity contribution in [3.05, 3.63) is 65.2 Å². The third-order valence-electron chi connectivity index (χ3n) is 4.06. The zero-order valence-electron chi connectivity index (χ0n) is 14.3. The number of rotatable bonds is 6. The quantitative estimate of drug-likeness (QED) is 0.821. The molecule has 0 heterocycles. The molecule has 1 aliphatic rings. The highest BCUT2D eigenvalue weighted by molar-refractivity contribution is 5.95. The first-order chi connectivity index (χ1) is 12.1. The summed E-state index contributed by atoms with van der Waals surface area (Å²) in [6.45, 7) is 1.88. The van der Waals surface area contributed by atoms with Crippen LogP contribution < -0.4 is 10.1 Å². The van der Waals surface area contributed by atoms with E-state index in [4.69, 9.17) is 9.47 Å². The van der Waals surface area contributed by atoms with Crippen molar-refractivity contribution >= 4 is 11.9 Å². The molecule has 0 unspecified atom stereocenters. The van der Waals surface area contributed by atoms with Gasteiger partial charge in [0, 0.05) is 11.6 Å². The molecule has 2 aromatic rings. The van der Waals surface area contributed by atoms with Gasteiger partial charge in [0.05, 0.1) is 7.11 Å². The molecule has 0 aromatic heterocycles. The molecule has 0 aliphatic heterocycles. The van der Waals surface area contributed by atoms with Crippen LogP contribution in [0.5, 0.6) is 5.75 Å². The number of benzene rings is 2. The van der Waals surface area contributed by atoms with Crippen molar-refractivity contribution in [1.29, 1.82) is 0 Å². The van der Waals surface area contributed by atoms with Crippen molar-refractivity contribution in [2.45, 2.75) is 31.9 Å². The normalized spacial score (nSPS) is 14.5. The topological polar surface area (TPSA) is 64.6 Å². The first kappa shape index (κ1) is 17.0. The summed E-state index contributed by atoms with van der Waals surface area (Å²) in [5.41, 5.74) is 1.86. The Morgan fingerprint density at radius 3 is 2.48 bits per heavy atom. The Morgan fingerprint density at radius 1 is 1.12 bits per heavy atom. The van der Waals surface area contributed by atoms with Gasteiger partial charge in [-0.3, -0.25) is 4.79 Å². The number of nitrogens with one attached hydrogen (secondary N) is 1. The van der Waals surface area contributed by atoms with E-state index >= 15 is 0 Å². The lowest BCUT2D eigenvalue weighted by Crippen LogP contribution is -2.33. The van der Waals surface area contributed by atoms with Crippen LogP contribution in [-0.2, 0) is 9.53 Å². The van der Waals surface area contributed by atoms with E-state index in [1.807, 2.05) is 31.2 Å². The average Bonchev–Trinajstić information content (AvgIpc) is 3.44. The fourth-order valence-electron chi connectivity index (χ4n) is 2.56. The number of esters is 1. The Balaban J connectivity index is 1.85. The minimum Gasteiger partial charge on any atom is -0.496 e. The summed E-state index contributed by atoms with van der Waals surface area (Å²) >= 11 is 0. The molecule has 0 saturated heterocycles. The number of carbonyl (C=O) groups is 2. The van der Waals surface area contributed by atoms with Gasteiger partial charge in [0.2, 0.25) is 6.10 Å². The van der Waals surface area contributed by atoms with E-state index in [2.05, 4.69) is 5.32 Å². The lowest BCUT2D eigenvalue weighted by Gasteiger charge is -2.19. The maximum absolute atomic E-state index is 12.7. The zero-order chi connectivity index (χ0) is 17.8. The van der Waals surface area contributed by atoms with Crippen LogP contribution in [0.25, 0.3) is 0 Å². The van der Waals surface area contributed by atoms with Gasteiger partial charge in [-0.25, -0.2) is 4.79 Å². The minimum atomic E-state index is -0.987. The summed E-state index contributed by atoms with van der Waals surface area (Å²) in [5, 5.41) is 2.90. The fraction of sp³-hybridized carbons (Fsp3) is 0.300. The molecule has 2 aromatic carbocycles. The van der Waals surface area contributed by atoms with Crippen molar-refractivity contribution < 1.29 is 19.1 Å². The van der Waals surface area contributed by atoms with Crippen LogP contribution in [0, 0.1) is 6.92 Å². The Labute approximate surface area is 147 Å². The largest absolute Gasteiger partial charge is 0.496 e. The Morgan fingerprint density at radius 2 is 1.84 bits per heavy atom. The first-order valence-electron chi connectivity index (χ1n) is 8.29. The second kappa shape index (κ2) is 7.38. The van der Waals surface area contributed by atoms with E-state index in [0.717, 1.165) is 18.4 Å². The summed E-state index contributed by atoms with van der Waals surface area (Å²) in [6, 6.07) is 14.5. The van der Waals surface area contributed by atoms with Crippen LogP contribution in [0.1, 0.15) is 40.4 Å². The molecule has 1 fully saturated rings. The Hall–Kier alpha value is -2.82. The maximum Gasteiger partial charge on any atom is 0.343 e. The van der Waals surface area contributed by atoms with Crippen molar-refractivity contribution in [2.24, 2.45) is 0 Å². The molecule has 0 radical (unpaired) electrons. The van der Waals surface area contributed by atoms with Crippen LogP contribution >= 0.6 is 0 Å². The molecule has 0 spiro atoms. The second-order valence-electron chi connectivity index (χ2n) is 6.18. The van der Waals surface area contributed by atoms with Crippen molar-refractivity contribution in [3.63, 3.8) is 0 Å². The maximum atomic E-state index is 12.7. The summed E-state index contributed by atoms with van der Waals surface area (Å²) in [7, 11) is 1.50. The van der Waals surface area contributed by atoms with Gasteiger partial charge in [-0.1, -0.05) is 42.0 Å². The number of methoxy groups -OCH3 is 1. The minimum absolute atomic E-state index is 0.186. The number of hydrogen-bond acceptors (Lipinski definition) is 4. The smallest absolute Gasteiger partial charge is 0.343 e. The van der Waals surface area contributed by atoms with E-state index < -0.39 is 12.1 Å². The molecule has 0 bridgehead atoms. The summed E-state index contributed by atoms with van der Waals surface area (Å²) in [5.74, 6) is -0.459. The van der Waals surface area contributed by atoms with Crippen molar-refractivity contribution in [2.75, 3.05) is 7.11 Å². The lowest BCUT2D eigenvalue weighted by molar-refractivity contribution is -0.130. The number of amides is 1. The van der Waals surface area contributed by atoms with Gasteiger partial charge < -0.3 is 14.8 Å². The zero-order valence-corrected chi connectivity index (χ0v) is 14.3. The molecule has 1 aliphatic carbocycles. The highest BCUT2D eigenvalue weighted by Gasteiger charge is 2.31. The van der Waals surface area contributed by atoms with E-state index in [1.165, 1.54) is 7.11 Å².